The third-order valence-corrected chi connectivity index (χ3v) is 4.65. The average molecular weight is 387 g/mol. The van der Waals surface area contributed by atoms with E-state index in [9.17, 15) is 4.79 Å². The van der Waals surface area contributed by atoms with E-state index in [-0.39, 0.29) is 12.6 Å². The van der Waals surface area contributed by atoms with E-state index >= 15 is 0 Å². The summed E-state index contributed by atoms with van der Waals surface area (Å²) in [5.74, 6) is 1.23. The number of urea groups is 1. The van der Waals surface area contributed by atoms with E-state index in [0.29, 0.717) is 18.1 Å². The smallest absolute Gasteiger partial charge is 0.315 e. The Morgan fingerprint density at radius 3 is 2.38 bits per heavy atom. The van der Waals surface area contributed by atoms with Crippen LogP contribution in [0.2, 0.25) is 0 Å². The first-order valence-corrected chi connectivity index (χ1v) is 9.30. The fraction of sp³-hybridized carbons (Fsp3) is 0.130. The summed E-state index contributed by atoms with van der Waals surface area (Å²) in [4.78, 5) is 16.2. The number of methoxy groups -OCH3 is 1. The molecule has 4 aromatic rings. The average Bonchev–Trinajstić information content (AvgIpc) is 3.14. The minimum Gasteiger partial charge on any atom is -0.492 e. The van der Waals surface area contributed by atoms with Crippen LogP contribution in [0.1, 0.15) is 11.3 Å². The van der Waals surface area contributed by atoms with Crippen LogP contribution in [0.5, 0.6) is 5.75 Å². The number of benzene rings is 2. The number of carbonyl (C=O) groups excluding carboxylic acids is 1. The van der Waals surface area contributed by atoms with Crippen LogP contribution in [0.4, 0.5) is 4.79 Å². The fourth-order valence-corrected chi connectivity index (χ4v) is 3.18. The molecule has 0 aliphatic heterocycles. The van der Waals surface area contributed by atoms with E-state index in [1.807, 2.05) is 60.7 Å². The lowest BCUT2D eigenvalue weighted by atomic mass is 10.1. The van der Waals surface area contributed by atoms with Gasteiger partial charge in [0, 0.05) is 18.9 Å². The van der Waals surface area contributed by atoms with E-state index in [1.165, 1.54) is 0 Å². The second-order valence-electron chi connectivity index (χ2n) is 6.52. The van der Waals surface area contributed by atoms with Crippen LogP contribution in [0.25, 0.3) is 22.1 Å². The Kier molecular flexibility index (Phi) is 5.42. The Hall–Kier alpha value is -3.80. The monoisotopic (exact) mass is 387 g/mol. The van der Waals surface area contributed by atoms with Crippen molar-refractivity contribution in [3.63, 3.8) is 0 Å². The van der Waals surface area contributed by atoms with Gasteiger partial charge in [0.25, 0.3) is 0 Å². The van der Waals surface area contributed by atoms with Gasteiger partial charge in [0.15, 0.2) is 11.5 Å². The highest BCUT2D eigenvalue weighted by Gasteiger charge is 2.15. The second-order valence-corrected chi connectivity index (χ2v) is 6.52. The topological polar surface area (TPSA) is 76.4 Å². The lowest BCUT2D eigenvalue weighted by Gasteiger charge is -2.08. The van der Waals surface area contributed by atoms with Crippen LogP contribution in [-0.4, -0.2) is 18.1 Å². The largest absolute Gasteiger partial charge is 0.492 e. The number of fused-ring (bicyclic) bond motifs is 1. The molecule has 6 heteroatoms. The van der Waals surface area contributed by atoms with Crippen molar-refractivity contribution in [3.05, 3.63) is 84.4 Å². The number of para-hydroxylation sites is 1. The molecular weight excluding hydrogens is 366 g/mol. The van der Waals surface area contributed by atoms with Crippen LogP contribution < -0.4 is 15.4 Å². The Morgan fingerprint density at radius 1 is 0.931 bits per heavy atom. The van der Waals surface area contributed by atoms with Crippen LogP contribution in [0.3, 0.4) is 0 Å². The summed E-state index contributed by atoms with van der Waals surface area (Å²) >= 11 is 0. The molecule has 29 heavy (non-hydrogen) atoms. The molecule has 0 saturated heterocycles. The number of rotatable bonds is 6. The molecule has 0 radical (unpaired) electrons. The molecule has 0 unspecified atom stereocenters. The number of furan rings is 1. The first kappa shape index (κ1) is 18.6. The first-order chi connectivity index (χ1) is 14.2. The van der Waals surface area contributed by atoms with E-state index in [2.05, 4.69) is 15.6 Å². The normalized spacial score (nSPS) is 10.7. The number of hydrogen-bond acceptors (Lipinski definition) is 4. The predicted octanol–water partition coefficient (Wildman–Crippen LogP) is 4.50. The summed E-state index contributed by atoms with van der Waals surface area (Å²) in [6.45, 7) is 0.671. The molecule has 0 aliphatic rings. The molecule has 0 saturated carbocycles. The Bertz CT molecular complexity index is 1110. The predicted molar refractivity (Wildman–Crippen MR) is 112 cm³/mol. The van der Waals surface area contributed by atoms with Crippen LogP contribution >= 0.6 is 0 Å². The number of aromatic nitrogens is 1. The van der Waals surface area contributed by atoms with Crippen molar-refractivity contribution in [1.82, 2.24) is 15.6 Å². The molecule has 0 fully saturated rings. The van der Waals surface area contributed by atoms with Gasteiger partial charge in [-0.1, -0.05) is 36.4 Å². The van der Waals surface area contributed by atoms with Gasteiger partial charge in [-0.25, -0.2) is 4.79 Å². The zero-order valence-electron chi connectivity index (χ0n) is 16.0. The summed E-state index contributed by atoms with van der Waals surface area (Å²) < 4.78 is 11.2. The molecule has 2 heterocycles. The maximum Gasteiger partial charge on any atom is 0.315 e. The minimum absolute atomic E-state index is 0.241. The first-order valence-electron chi connectivity index (χ1n) is 9.30. The quantitative estimate of drug-likeness (QED) is 0.511. The van der Waals surface area contributed by atoms with Crippen molar-refractivity contribution < 1.29 is 13.9 Å². The molecule has 6 nitrogen and oxygen atoms in total. The number of ether oxygens (including phenoxy) is 1. The number of nitrogens with zero attached hydrogens (tertiary/aromatic N) is 1. The summed E-state index contributed by atoms with van der Waals surface area (Å²) in [6, 6.07) is 19.3. The maximum atomic E-state index is 12.2. The van der Waals surface area contributed by atoms with Gasteiger partial charge in [-0.2, -0.15) is 0 Å². The molecule has 146 valence electrons. The van der Waals surface area contributed by atoms with Crippen molar-refractivity contribution in [1.29, 1.82) is 0 Å². The maximum absolute atomic E-state index is 12.2. The Morgan fingerprint density at radius 2 is 1.62 bits per heavy atom. The van der Waals surface area contributed by atoms with Gasteiger partial charge in [0.1, 0.15) is 5.58 Å². The summed E-state index contributed by atoms with van der Waals surface area (Å²) in [7, 11) is 1.59. The second kappa shape index (κ2) is 8.48. The third kappa shape index (κ3) is 4.21. The van der Waals surface area contributed by atoms with E-state index in [0.717, 1.165) is 27.7 Å². The molecule has 0 atom stereocenters. The van der Waals surface area contributed by atoms with Crippen molar-refractivity contribution in [2.24, 2.45) is 0 Å². The van der Waals surface area contributed by atoms with Gasteiger partial charge in [-0.3, -0.25) is 4.98 Å². The number of pyridine rings is 1. The van der Waals surface area contributed by atoms with Crippen molar-refractivity contribution in [3.8, 4) is 16.9 Å². The number of hydrogen-bond donors (Lipinski definition) is 2. The van der Waals surface area contributed by atoms with Crippen molar-refractivity contribution in [2.75, 3.05) is 7.11 Å². The lowest BCUT2D eigenvalue weighted by molar-refractivity contribution is 0.239. The highest BCUT2D eigenvalue weighted by atomic mass is 16.5. The molecule has 0 aliphatic carbocycles. The van der Waals surface area contributed by atoms with Gasteiger partial charge < -0.3 is 19.8 Å². The van der Waals surface area contributed by atoms with Crippen LogP contribution in [0.15, 0.2) is 77.5 Å². The number of carbonyl (C=O) groups is 1. The standard InChI is InChI=1S/C23H21N3O3/c1-28-22-19-4-2-3-5-20(19)29-21(22)15-26-23(27)25-14-16-6-8-17(9-7-16)18-10-12-24-13-11-18/h2-13H,14-15H2,1H3,(H2,25,26,27). The summed E-state index contributed by atoms with van der Waals surface area (Å²) in [5, 5.41) is 6.56. The van der Waals surface area contributed by atoms with Crippen LogP contribution in [-0.2, 0) is 13.1 Å². The zero-order chi connectivity index (χ0) is 20.1. The number of nitrogens with one attached hydrogen (secondary N) is 2. The Labute approximate surface area is 168 Å². The molecule has 2 aromatic carbocycles. The molecular formula is C23H21N3O3. The van der Waals surface area contributed by atoms with Gasteiger partial charge in [-0.15, -0.1) is 0 Å². The van der Waals surface area contributed by atoms with Gasteiger partial charge in [-0.05, 0) is 41.0 Å². The zero-order valence-corrected chi connectivity index (χ0v) is 16.0. The van der Waals surface area contributed by atoms with E-state index < -0.39 is 0 Å². The van der Waals surface area contributed by atoms with Gasteiger partial charge in [0.05, 0.1) is 19.0 Å². The number of amides is 2. The molecule has 0 spiro atoms. The van der Waals surface area contributed by atoms with Crippen LogP contribution in [0, 0.1) is 0 Å². The van der Waals surface area contributed by atoms with Crippen molar-refractivity contribution in [2.45, 2.75) is 13.1 Å². The fourth-order valence-electron chi connectivity index (χ4n) is 3.18. The van der Waals surface area contributed by atoms with E-state index in [1.54, 1.807) is 19.5 Å². The Balaban J connectivity index is 1.33. The van der Waals surface area contributed by atoms with Gasteiger partial charge in [0.2, 0.25) is 0 Å². The minimum atomic E-state index is -0.272. The molecule has 2 aromatic heterocycles. The highest BCUT2D eigenvalue weighted by Crippen LogP contribution is 2.32. The molecule has 2 amide bonds. The third-order valence-electron chi connectivity index (χ3n) is 4.65. The highest BCUT2D eigenvalue weighted by molar-refractivity contribution is 5.85. The summed E-state index contributed by atoms with van der Waals surface area (Å²) in [5.41, 5.74) is 3.96. The molecule has 2 N–H and O–H groups in total. The van der Waals surface area contributed by atoms with Crippen molar-refractivity contribution >= 4 is 17.0 Å². The molecule has 0 bridgehead atoms. The van der Waals surface area contributed by atoms with Gasteiger partial charge >= 0.3 is 6.03 Å². The van der Waals surface area contributed by atoms with E-state index in [4.69, 9.17) is 9.15 Å². The SMILES string of the molecule is COc1c(CNC(=O)NCc2ccc(-c3ccncc3)cc2)oc2ccccc12. The summed E-state index contributed by atoms with van der Waals surface area (Å²) in [6.07, 6.45) is 3.54. The molecule has 4 rings (SSSR count). The lowest BCUT2D eigenvalue weighted by Crippen LogP contribution is -2.34.